The monoisotopic (exact) mass is 855 g/mol. The molecule has 0 aliphatic rings. The zero-order valence-corrected chi connectivity index (χ0v) is 37.2. The minimum atomic E-state index is -4.86. The summed E-state index contributed by atoms with van der Waals surface area (Å²) < 4.78 is 47.8. The quantitative estimate of drug-likeness (QED) is 0.0196. The lowest BCUT2D eigenvalue weighted by Crippen LogP contribution is -2.30. The van der Waals surface area contributed by atoms with Crippen molar-refractivity contribution < 1.29 is 61.6 Å². The van der Waals surface area contributed by atoms with Gasteiger partial charge in [0.15, 0.2) is 6.10 Å². The molecule has 0 heterocycles. The summed E-state index contributed by atoms with van der Waals surface area (Å²) in [6.45, 7) is 1.74. The molecule has 0 aliphatic heterocycles. The summed E-state index contributed by atoms with van der Waals surface area (Å²) in [7, 11) is -9.67. The van der Waals surface area contributed by atoms with Gasteiger partial charge in [-0.25, -0.2) is 9.13 Å². The van der Waals surface area contributed by atoms with Crippen molar-refractivity contribution in [3.05, 3.63) is 24.3 Å². The molecular weight excluding hydrogens is 774 g/mol. The molecule has 0 rings (SSSR count). The number of ether oxygens (including phenoxy) is 2. The average molecular weight is 855 g/mol. The van der Waals surface area contributed by atoms with Crippen LogP contribution in [-0.2, 0) is 41.8 Å². The standard InChI is InChI=1S/C42H80O13P2/c1-3-5-7-9-11-13-15-17-19-21-23-25-27-29-31-33-41(44)51-37-40(38-54-57(49,50)53-36-39(43)35-52-56(46,47)48)55-42(45)34-32-30-28-26-24-22-20-18-16-14-12-10-8-6-4-2/h13,15,18,20,39-40,43H,3-12,14,16-17,19,21-38H2,1-2H3,(H,49,50)(H2,46,47,48)/b15-13-,20-18-/t39-,40+/m0/s1. The molecule has 0 aromatic heterocycles. The molecule has 4 N–H and O–H groups in total. The summed E-state index contributed by atoms with van der Waals surface area (Å²) in [5.41, 5.74) is 0. The first-order valence-electron chi connectivity index (χ1n) is 22.0. The van der Waals surface area contributed by atoms with Gasteiger partial charge in [0.1, 0.15) is 12.7 Å². The van der Waals surface area contributed by atoms with Gasteiger partial charge >= 0.3 is 27.6 Å². The Kier molecular flexibility index (Phi) is 37.8. The minimum absolute atomic E-state index is 0.122. The molecule has 0 spiro atoms. The molecule has 0 aromatic rings. The van der Waals surface area contributed by atoms with Crippen LogP contribution in [0.1, 0.15) is 194 Å². The van der Waals surface area contributed by atoms with Crippen LogP contribution in [0, 0.1) is 0 Å². The van der Waals surface area contributed by atoms with E-state index in [0.717, 1.165) is 70.6 Å². The van der Waals surface area contributed by atoms with Crippen molar-refractivity contribution in [2.24, 2.45) is 0 Å². The van der Waals surface area contributed by atoms with Crippen molar-refractivity contribution in [2.75, 3.05) is 26.4 Å². The Labute approximate surface area is 344 Å². The molecule has 0 bridgehead atoms. The van der Waals surface area contributed by atoms with Crippen LogP contribution in [0.25, 0.3) is 0 Å². The number of phosphoric ester groups is 2. The highest BCUT2D eigenvalue weighted by atomic mass is 31.2. The summed E-state index contributed by atoms with van der Waals surface area (Å²) in [6.07, 6.45) is 35.9. The van der Waals surface area contributed by atoms with Crippen LogP contribution in [0.15, 0.2) is 24.3 Å². The highest BCUT2D eigenvalue weighted by Gasteiger charge is 2.28. The van der Waals surface area contributed by atoms with E-state index in [1.165, 1.54) is 83.5 Å². The van der Waals surface area contributed by atoms with E-state index in [0.29, 0.717) is 12.8 Å². The first-order chi connectivity index (χ1) is 27.4. The smallest absolute Gasteiger partial charge is 0.462 e. The first kappa shape index (κ1) is 55.6. The van der Waals surface area contributed by atoms with Crippen molar-refractivity contribution in [3.63, 3.8) is 0 Å². The van der Waals surface area contributed by atoms with E-state index in [1.807, 2.05) is 0 Å². The number of carbonyl (C=O) groups is 2. The predicted molar refractivity (Wildman–Crippen MR) is 225 cm³/mol. The van der Waals surface area contributed by atoms with E-state index in [9.17, 15) is 28.7 Å². The number of esters is 2. The molecule has 0 saturated heterocycles. The van der Waals surface area contributed by atoms with Gasteiger partial charge in [0.25, 0.3) is 0 Å². The SMILES string of the molecule is CCCCCC/C=C\CCCCCCCCCC(=O)OC[C@H](COP(=O)(O)OC[C@@H](O)COP(=O)(O)O)OC(=O)CCCCCCC/C=C\CCCCCCCC. The molecule has 0 aliphatic carbocycles. The summed E-state index contributed by atoms with van der Waals surface area (Å²) in [4.78, 5) is 52.7. The molecule has 3 atom stereocenters. The molecule has 57 heavy (non-hydrogen) atoms. The van der Waals surface area contributed by atoms with E-state index >= 15 is 0 Å². The fourth-order valence-corrected chi connectivity index (χ4v) is 7.08. The minimum Gasteiger partial charge on any atom is -0.462 e. The highest BCUT2D eigenvalue weighted by Crippen LogP contribution is 2.43. The highest BCUT2D eigenvalue weighted by molar-refractivity contribution is 7.47. The van der Waals surface area contributed by atoms with Crippen molar-refractivity contribution in [3.8, 4) is 0 Å². The van der Waals surface area contributed by atoms with Gasteiger partial charge in [-0.15, -0.1) is 0 Å². The largest absolute Gasteiger partial charge is 0.472 e. The fourth-order valence-electron chi connectivity index (χ4n) is 5.93. The normalized spacial score (nSPS) is 14.3. The average Bonchev–Trinajstić information content (AvgIpc) is 3.17. The van der Waals surface area contributed by atoms with Gasteiger partial charge in [-0.2, -0.15) is 0 Å². The first-order valence-corrected chi connectivity index (χ1v) is 25.1. The Morgan fingerprint density at radius 2 is 0.860 bits per heavy atom. The van der Waals surface area contributed by atoms with Gasteiger partial charge in [-0.05, 0) is 64.2 Å². The van der Waals surface area contributed by atoms with Crippen LogP contribution >= 0.6 is 15.6 Å². The Morgan fingerprint density at radius 3 is 1.32 bits per heavy atom. The number of carbonyl (C=O) groups excluding carboxylic acids is 2. The Morgan fingerprint density at radius 1 is 0.491 bits per heavy atom. The lowest BCUT2D eigenvalue weighted by Gasteiger charge is -2.20. The van der Waals surface area contributed by atoms with Gasteiger partial charge in [0, 0.05) is 12.8 Å². The number of allylic oxidation sites excluding steroid dienone is 4. The second-order valence-electron chi connectivity index (χ2n) is 15.0. The topological polar surface area (TPSA) is 195 Å². The number of phosphoric acid groups is 2. The van der Waals surface area contributed by atoms with Crippen LogP contribution < -0.4 is 0 Å². The molecule has 15 heteroatoms. The second-order valence-corrected chi connectivity index (χ2v) is 17.7. The van der Waals surface area contributed by atoms with Crippen molar-refractivity contribution in [1.82, 2.24) is 0 Å². The molecule has 0 aromatic carbocycles. The third kappa shape index (κ3) is 42.5. The van der Waals surface area contributed by atoms with E-state index in [1.54, 1.807) is 0 Å². The predicted octanol–water partition coefficient (Wildman–Crippen LogP) is 11.1. The van der Waals surface area contributed by atoms with Crippen LogP contribution in [0.2, 0.25) is 0 Å². The third-order valence-electron chi connectivity index (χ3n) is 9.30. The Hall–Kier alpha value is -1.40. The van der Waals surface area contributed by atoms with Gasteiger partial charge in [0.05, 0.1) is 19.8 Å². The van der Waals surface area contributed by atoms with Gasteiger partial charge in [-0.3, -0.25) is 23.2 Å². The lowest BCUT2D eigenvalue weighted by atomic mass is 10.1. The zero-order valence-electron chi connectivity index (χ0n) is 35.4. The number of unbranched alkanes of at least 4 members (excludes halogenated alkanes) is 22. The van der Waals surface area contributed by atoms with Gasteiger partial charge < -0.3 is 29.3 Å². The zero-order chi connectivity index (χ0) is 42.3. The molecule has 0 saturated carbocycles. The maximum atomic E-state index is 12.6. The van der Waals surface area contributed by atoms with Gasteiger partial charge in [0.2, 0.25) is 0 Å². The number of hydrogen-bond donors (Lipinski definition) is 4. The van der Waals surface area contributed by atoms with E-state index in [4.69, 9.17) is 23.8 Å². The molecule has 0 fully saturated rings. The summed E-state index contributed by atoms with van der Waals surface area (Å²) >= 11 is 0. The van der Waals surface area contributed by atoms with E-state index in [2.05, 4.69) is 47.2 Å². The van der Waals surface area contributed by atoms with Crippen LogP contribution in [0.5, 0.6) is 0 Å². The maximum Gasteiger partial charge on any atom is 0.472 e. The number of rotatable bonds is 42. The number of hydrogen-bond acceptors (Lipinski definition) is 10. The summed E-state index contributed by atoms with van der Waals surface area (Å²) in [5.74, 6) is -1.04. The van der Waals surface area contributed by atoms with Gasteiger partial charge in [-0.1, -0.05) is 141 Å². The van der Waals surface area contributed by atoms with Crippen LogP contribution in [-0.4, -0.2) is 70.4 Å². The molecule has 336 valence electrons. The molecule has 0 radical (unpaired) electrons. The van der Waals surface area contributed by atoms with E-state index < -0.39 is 59.6 Å². The fraction of sp³-hybridized carbons (Fsp3) is 0.857. The molecule has 0 amide bonds. The molecule has 1 unspecified atom stereocenters. The molecular formula is C42H80O13P2. The van der Waals surface area contributed by atoms with Crippen molar-refractivity contribution in [2.45, 2.75) is 206 Å². The number of aliphatic hydroxyl groups excluding tert-OH is 1. The number of aliphatic hydroxyl groups is 1. The third-order valence-corrected chi connectivity index (χ3v) is 10.7. The summed E-state index contributed by atoms with van der Waals surface area (Å²) in [5, 5.41) is 9.74. The van der Waals surface area contributed by atoms with Crippen molar-refractivity contribution >= 4 is 27.6 Å². The lowest BCUT2D eigenvalue weighted by molar-refractivity contribution is -0.161. The Balaban J connectivity index is 4.52. The Bertz CT molecular complexity index is 1110. The van der Waals surface area contributed by atoms with Crippen LogP contribution in [0.4, 0.5) is 0 Å². The van der Waals surface area contributed by atoms with Crippen molar-refractivity contribution in [1.29, 1.82) is 0 Å². The summed E-state index contributed by atoms with van der Waals surface area (Å²) in [6, 6.07) is 0. The van der Waals surface area contributed by atoms with E-state index in [-0.39, 0.29) is 19.4 Å². The maximum absolute atomic E-state index is 12.6. The van der Waals surface area contributed by atoms with Crippen LogP contribution in [0.3, 0.4) is 0 Å². The molecule has 13 nitrogen and oxygen atoms in total. The second kappa shape index (κ2) is 38.8.